The molecule has 10 heteroatoms. The zero-order valence-corrected chi connectivity index (χ0v) is 20.9. The van der Waals surface area contributed by atoms with Gasteiger partial charge in [-0.25, -0.2) is 4.79 Å². The van der Waals surface area contributed by atoms with Crippen molar-refractivity contribution in [1.82, 2.24) is 4.90 Å². The molecule has 7 nitrogen and oxygen atoms in total. The van der Waals surface area contributed by atoms with E-state index in [1.165, 1.54) is 18.0 Å². The molecular formula is C23H29Cl3N2O5. The predicted octanol–water partition coefficient (Wildman–Crippen LogP) is 4.48. The van der Waals surface area contributed by atoms with Gasteiger partial charge in [0.2, 0.25) is 0 Å². The van der Waals surface area contributed by atoms with E-state index in [1.807, 2.05) is 30.3 Å². The van der Waals surface area contributed by atoms with Gasteiger partial charge in [-0.05, 0) is 37.9 Å². The number of amides is 1. The lowest BCUT2D eigenvalue weighted by Gasteiger charge is -2.27. The summed E-state index contributed by atoms with van der Waals surface area (Å²) in [6.07, 6.45) is 1.69. The number of ether oxygens (including phenoxy) is 2. The van der Waals surface area contributed by atoms with Crippen molar-refractivity contribution in [2.24, 2.45) is 5.73 Å². The number of halogens is 3. The van der Waals surface area contributed by atoms with Gasteiger partial charge in [0.25, 0.3) is 5.91 Å². The number of phenolic OH excluding ortho intramolecular Hbond substituents is 1. The number of carbonyl (C=O) groups excluding carboxylic acids is 2. The number of esters is 1. The van der Waals surface area contributed by atoms with E-state index in [0.29, 0.717) is 19.6 Å². The zero-order valence-electron chi connectivity index (χ0n) is 18.6. The second-order valence-corrected chi connectivity index (χ2v) is 7.90. The molecule has 1 atom stereocenters. The Kier molecular flexibility index (Phi) is 12.4. The van der Waals surface area contributed by atoms with Gasteiger partial charge in [0, 0.05) is 13.5 Å². The van der Waals surface area contributed by atoms with Gasteiger partial charge in [-0.2, -0.15) is 0 Å². The smallest absolute Gasteiger partial charge is 0.329 e. The molecule has 2 rings (SSSR count). The van der Waals surface area contributed by atoms with Gasteiger partial charge in [0.1, 0.15) is 11.1 Å². The van der Waals surface area contributed by atoms with Gasteiger partial charge in [0.15, 0.2) is 11.5 Å². The average Bonchev–Trinajstić information content (AvgIpc) is 2.79. The molecule has 0 fully saturated rings. The molecule has 0 saturated carbocycles. The highest BCUT2D eigenvalue weighted by molar-refractivity contribution is 6.39. The number of nitrogens with zero attached hydrogens (tertiary/aromatic N) is 1. The van der Waals surface area contributed by atoms with E-state index in [1.54, 1.807) is 6.92 Å². The van der Waals surface area contributed by atoms with Crippen molar-refractivity contribution in [2.45, 2.75) is 32.2 Å². The topological polar surface area (TPSA) is 102 Å². The van der Waals surface area contributed by atoms with Gasteiger partial charge in [0.05, 0.1) is 23.8 Å². The van der Waals surface area contributed by atoms with Crippen molar-refractivity contribution in [2.75, 3.05) is 26.8 Å². The third kappa shape index (κ3) is 7.67. The summed E-state index contributed by atoms with van der Waals surface area (Å²) >= 11 is 12.5. The maximum Gasteiger partial charge on any atom is 0.329 e. The summed E-state index contributed by atoms with van der Waals surface area (Å²) in [4.78, 5) is 27.0. The van der Waals surface area contributed by atoms with Crippen molar-refractivity contribution in [3.63, 3.8) is 0 Å². The van der Waals surface area contributed by atoms with Crippen LogP contribution in [-0.2, 0) is 16.0 Å². The molecule has 182 valence electrons. The van der Waals surface area contributed by atoms with Crippen molar-refractivity contribution >= 4 is 47.5 Å². The largest absolute Gasteiger partial charge is 0.505 e. The molecule has 0 saturated heterocycles. The number of phenols is 1. The number of unbranched alkanes of at least 4 members (excludes halogenated alkanes) is 1. The summed E-state index contributed by atoms with van der Waals surface area (Å²) in [7, 11) is 1.46. The minimum atomic E-state index is -0.908. The Morgan fingerprint density at radius 1 is 1.18 bits per heavy atom. The van der Waals surface area contributed by atoms with Crippen molar-refractivity contribution < 1.29 is 24.2 Å². The van der Waals surface area contributed by atoms with Gasteiger partial charge in [-0.3, -0.25) is 4.79 Å². The number of nitrogens with two attached hydrogens (primary N) is 1. The number of likely N-dealkylation sites (N-methyl/N-ethyl adjacent to an activating group) is 1. The first-order valence-corrected chi connectivity index (χ1v) is 11.1. The fourth-order valence-electron chi connectivity index (χ4n) is 3.09. The SMILES string of the molecule is CCOC(=O)[C@@H](Cc1ccccc1)N(C)C(=O)c1cc(Cl)c(OCCCCN)c(Cl)c1O.Cl. The molecule has 33 heavy (non-hydrogen) atoms. The number of rotatable bonds is 11. The first-order valence-electron chi connectivity index (χ1n) is 10.3. The molecule has 0 aliphatic heterocycles. The summed E-state index contributed by atoms with van der Waals surface area (Å²) in [5, 5.41) is 10.5. The lowest BCUT2D eigenvalue weighted by atomic mass is 10.0. The van der Waals surface area contributed by atoms with Crippen LogP contribution in [0.1, 0.15) is 35.7 Å². The van der Waals surface area contributed by atoms with Crippen LogP contribution in [0.25, 0.3) is 0 Å². The monoisotopic (exact) mass is 518 g/mol. The lowest BCUT2D eigenvalue weighted by Crippen LogP contribution is -2.44. The Morgan fingerprint density at radius 2 is 1.85 bits per heavy atom. The Labute approximate surface area is 210 Å². The van der Waals surface area contributed by atoms with Crippen LogP contribution in [-0.4, -0.2) is 54.7 Å². The van der Waals surface area contributed by atoms with E-state index in [0.717, 1.165) is 12.0 Å². The van der Waals surface area contributed by atoms with E-state index in [9.17, 15) is 14.7 Å². The summed E-state index contributed by atoms with van der Waals surface area (Å²) in [6, 6.07) is 9.63. The fourth-order valence-corrected chi connectivity index (χ4v) is 3.66. The molecule has 0 spiro atoms. The summed E-state index contributed by atoms with van der Waals surface area (Å²) < 4.78 is 10.7. The van der Waals surface area contributed by atoms with Gasteiger partial charge in [-0.1, -0.05) is 53.5 Å². The molecule has 1 amide bonds. The number of aromatic hydroxyl groups is 1. The van der Waals surface area contributed by atoms with Gasteiger partial charge < -0.3 is 25.2 Å². The van der Waals surface area contributed by atoms with E-state index < -0.39 is 23.7 Å². The summed E-state index contributed by atoms with van der Waals surface area (Å²) in [6.45, 7) is 2.70. The number of benzene rings is 2. The molecule has 2 aromatic rings. The van der Waals surface area contributed by atoms with Crippen LogP contribution in [0.2, 0.25) is 10.0 Å². The van der Waals surface area contributed by atoms with Crippen LogP contribution in [0.15, 0.2) is 36.4 Å². The zero-order chi connectivity index (χ0) is 23.7. The Hall–Kier alpha value is -2.19. The molecule has 0 aliphatic rings. The van der Waals surface area contributed by atoms with E-state index >= 15 is 0 Å². The van der Waals surface area contributed by atoms with Crippen molar-refractivity contribution in [1.29, 1.82) is 0 Å². The van der Waals surface area contributed by atoms with E-state index in [2.05, 4.69) is 0 Å². The fraction of sp³-hybridized carbons (Fsp3) is 0.391. The van der Waals surface area contributed by atoms with Crippen LogP contribution in [0.5, 0.6) is 11.5 Å². The van der Waals surface area contributed by atoms with Crippen LogP contribution in [0.4, 0.5) is 0 Å². The second kappa shape index (κ2) is 14.2. The Bertz CT molecular complexity index is 928. The summed E-state index contributed by atoms with van der Waals surface area (Å²) in [5.41, 5.74) is 6.18. The molecule has 2 aromatic carbocycles. The van der Waals surface area contributed by atoms with Crippen LogP contribution in [0, 0.1) is 0 Å². The quantitative estimate of drug-likeness (QED) is 0.335. The molecule has 0 aromatic heterocycles. The molecule has 0 unspecified atom stereocenters. The Balaban J connectivity index is 0.00000544. The Morgan fingerprint density at radius 3 is 2.45 bits per heavy atom. The third-order valence-electron chi connectivity index (χ3n) is 4.84. The standard InChI is InChI=1S/C23H28Cl2N2O5.ClH/c1-3-31-23(30)18(13-15-9-5-4-6-10-15)27(2)22(29)16-14-17(24)21(19(25)20(16)28)32-12-8-7-11-26;/h4-6,9-10,14,18,28H,3,7-8,11-13,26H2,1-2H3;1H/t18-;/m1./s1. The van der Waals surface area contributed by atoms with Crippen LogP contribution in [0.3, 0.4) is 0 Å². The van der Waals surface area contributed by atoms with Crippen molar-refractivity contribution in [3.05, 3.63) is 57.6 Å². The molecule has 0 aliphatic carbocycles. The number of hydrogen-bond acceptors (Lipinski definition) is 6. The first kappa shape index (κ1) is 28.8. The first-order chi connectivity index (χ1) is 15.3. The minimum Gasteiger partial charge on any atom is -0.505 e. The third-order valence-corrected chi connectivity index (χ3v) is 5.48. The number of hydrogen-bond donors (Lipinski definition) is 2. The molecule has 0 heterocycles. The van der Waals surface area contributed by atoms with Crippen LogP contribution < -0.4 is 10.5 Å². The minimum absolute atomic E-state index is 0. The number of carbonyl (C=O) groups is 2. The molecule has 0 bridgehead atoms. The van der Waals surface area contributed by atoms with Crippen molar-refractivity contribution in [3.8, 4) is 11.5 Å². The second-order valence-electron chi connectivity index (χ2n) is 7.12. The van der Waals surface area contributed by atoms with Gasteiger partial charge in [-0.15, -0.1) is 12.4 Å². The highest BCUT2D eigenvalue weighted by atomic mass is 35.5. The highest BCUT2D eigenvalue weighted by Gasteiger charge is 2.32. The molecule has 3 N–H and O–H groups in total. The van der Waals surface area contributed by atoms with Gasteiger partial charge >= 0.3 is 5.97 Å². The average molecular weight is 520 g/mol. The van der Waals surface area contributed by atoms with E-state index in [4.69, 9.17) is 38.4 Å². The lowest BCUT2D eigenvalue weighted by molar-refractivity contribution is -0.148. The normalized spacial score (nSPS) is 11.3. The molecular weight excluding hydrogens is 491 g/mol. The summed E-state index contributed by atoms with van der Waals surface area (Å²) in [5.74, 6) is -1.56. The maximum atomic E-state index is 13.2. The predicted molar refractivity (Wildman–Crippen MR) is 132 cm³/mol. The van der Waals surface area contributed by atoms with Crippen LogP contribution >= 0.6 is 35.6 Å². The van der Waals surface area contributed by atoms with E-state index in [-0.39, 0.29) is 46.8 Å². The molecule has 0 radical (unpaired) electrons. The highest BCUT2D eigenvalue weighted by Crippen LogP contribution is 2.42. The maximum absolute atomic E-state index is 13.2.